The highest BCUT2D eigenvalue weighted by Crippen LogP contribution is 2.16. The summed E-state index contributed by atoms with van der Waals surface area (Å²) in [6, 6.07) is 8.48. The van der Waals surface area contributed by atoms with Crippen LogP contribution in [0.4, 0.5) is 5.69 Å². The number of nitrogens with one attached hydrogen (secondary N) is 1. The first-order valence-corrected chi connectivity index (χ1v) is 5.77. The van der Waals surface area contributed by atoms with Crippen LogP contribution < -0.4 is 5.32 Å². The van der Waals surface area contributed by atoms with E-state index >= 15 is 0 Å². The zero-order chi connectivity index (χ0) is 12.3. The molecule has 5 heteroatoms. The second kappa shape index (κ2) is 4.95. The minimum absolute atomic E-state index is 0.430. The van der Waals surface area contributed by atoms with Crippen LogP contribution in [0.15, 0.2) is 30.6 Å². The second-order valence-electron chi connectivity index (χ2n) is 4.48. The molecule has 0 bridgehead atoms. The van der Waals surface area contributed by atoms with Crippen molar-refractivity contribution in [2.75, 3.05) is 5.32 Å². The third kappa shape index (κ3) is 2.81. The van der Waals surface area contributed by atoms with Crippen LogP contribution in [0, 0.1) is 5.92 Å². The fourth-order valence-electron chi connectivity index (χ4n) is 1.45. The predicted molar refractivity (Wildman–Crippen MR) is 67.1 cm³/mol. The van der Waals surface area contributed by atoms with E-state index in [2.05, 4.69) is 41.6 Å². The molecule has 0 spiro atoms. The minimum Gasteiger partial charge on any atom is -0.382 e. The van der Waals surface area contributed by atoms with Crippen LogP contribution in [0.1, 0.15) is 20.8 Å². The molecule has 0 saturated carbocycles. The van der Waals surface area contributed by atoms with Crippen molar-refractivity contribution in [2.24, 2.45) is 5.92 Å². The van der Waals surface area contributed by atoms with Crippen LogP contribution >= 0.6 is 0 Å². The molecule has 2 rings (SSSR count). The first-order chi connectivity index (χ1) is 8.16. The first kappa shape index (κ1) is 11.6. The van der Waals surface area contributed by atoms with E-state index in [0.29, 0.717) is 12.0 Å². The van der Waals surface area contributed by atoms with Crippen LogP contribution in [-0.4, -0.2) is 26.2 Å². The van der Waals surface area contributed by atoms with Gasteiger partial charge in [0, 0.05) is 11.7 Å². The SMILES string of the molecule is CC(C)C(C)Nc1cccc(-n2cnnn2)c1. The van der Waals surface area contributed by atoms with Crippen LogP contribution in [0.3, 0.4) is 0 Å². The lowest BCUT2D eigenvalue weighted by molar-refractivity contribution is 0.560. The zero-order valence-electron chi connectivity index (χ0n) is 10.3. The Morgan fingerprint density at radius 3 is 2.71 bits per heavy atom. The molecule has 0 aliphatic carbocycles. The molecular weight excluding hydrogens is 214 g/mol. The molecule has 0 aliphatic heterocycles. The van der Waals surface area contributed by atoms with E-state index in [9.17, 15) is 0 Å². The summed E-state index contributed by atoms with van der Waals surface area (Å²) in [4.78, 5) is 0. The maximum atomic E-state index is 3.87. The van der Waals surface area contributed by atoms with Gasteiger partial charge < -0.3 is 5.32 Å². The molecule has 1 atom stereocenters. The molecular formula is C12H17N5. The van der Waals surface area contributed by atoms with Gasteiger partial charge in [-0.25, -0.2) is 4.68 Å². The Labute approximate surface area is 101 Å². The molecule has 0 fully saturated rings. The number of hydrogen-bond acceptors (Lipinski definition) is 4. The fourth-order valence-corrected chi connectivity index (χ4v) is 1.45. The number of hydrogen-bond donors (Lipinski definition) is 1. The first-order valence-electron chi connectivity index (χ1n) is 5.77. The summed E-state index contributed by atoms with van der Waals surface area (Å²) in [7, 11) is 0. The van der Waals surface area contributed by atoms with Gasteiger partial charge in [0.25, 0.3) is 0 Å². The Hall–Kier alpha value is -1.91. The summed E-state index contributed by atoms with van der Waals surface area (Å²) >= 11 is 0. The summed E-state index contributed by atoms with van der Waals surface area (Å²) in [6.45, 7) is 6.57. The van der Waals surface area contributed by atoms with Crippen LogP contribution in [0.2, 0.25) is 0 Å². The molecule has 1 aromatic carbocycles. The maximum absolute atomic E-state index is 3.87. The molecule has 1 heterocycles. The Morgan fingerprint density at radius 1 is 1.24 bits per heavy atom. The molecule has 1 aromatic heterocycles. The van der Waals surface area contributed by atoms with Gasteiger partial charge >= 0.3 is 0 Å². The van der Waals surface area contributed by atoms with Crippen molar-refractivity contribution in [3.05, 3.63) is 30.6 Å². The average molecular weight is 231 g/mol. The summed E-state index contributed by atoms with van der Waals surface area (Å²) < 4.78 is 1.64. The molecule has 0 radical (unpaired) electrons. The molecule has 0 saturated heterocycles. The van der Waals surface area contributed by atoms with Gasteiger partial charge in [0.05, 0.1) is 5.69 Å². The molecule has 17 heavy (non-hydrogen) atoms. The molecule has 1 unspecified atom stereocenters. The van der Waals surface area contributed by atoms with E-state index in [1.54, 1.807) is 11.0 Å². The quantitative estimate of drug-likeness (QED) is 0.875. The van der Waals surface area contributed by atoms with Crippen LogP contribution in [0.25, 0.3) is 5.69 Å². The Balaban J connectivity index is 2.18. The Kier molecular flexibility index (Phi) is 3.37. The lowest BCUT2D eigenvalue weighted by Gasteiger charge is -2.19. The van der Waals surface area contributed by atoms with Crippen molar-refractivity contribution in [1.82, 2.24) is 20.2 Å². The fraction of sp³-hybridized carbons (Fsp3) is 0.417. The predicted octanol–water partition coefficient (Wildman–Crippen LogP) is 2.12. The van der Waals surface area contributed by atoms with Gasteiger partial charge in [-0.05, 0) is 41.5 Å². The van der Waals surface area contributed by atoms with Crippen molar-refractivity contribution in [3.8, 4) is 5.69 Å². The van der Waals surface area contributed by atoms with Crippen molar-refractivity contribution in [3.63, 3.8) is 0 Å². The zero-order valence-corrected chi connectivity index (χ0v) is 10.3. The molecule has 5 nitrogen and oxygen atoms in total. The van der Waals surface area contributed by atoms with E-state index in [-0.39, 0.29) is 0 Å². The maximum Gasteiger partial charge on any atom is 0.143 e. The third-order valence-corrected chi connectivity index (χ3v) is 2.85. The van der Waals surface area contributed by atoms with E-state index in [4.69, 9.17) is 0 Å². The van der Waals surface area contributed by atoms with Crippen molar-refractivity contribution < 1.29 is 0 Å². The van der Waals surface area contributed by atoms with Gasteiger partial charge in [-0.1, -0.05) is 19.9 Å². The van der Waals surface area contributed by atoms with Gasteiger partial charge in [-0.3, -0.25) is 0 Å². The number of aromatic nitrogens is 4. The lowest BCUT2D eigenvalue weighted by Crippen LogP contribution is -2.21. The van der Waals surface area contributed by atoms with Crippen molar-refractivity contribution >= 4 is 5.69 Å². The topological polar surface area (TPSA) is 55.6 Å². The summed E-state index contributed by atoms with van der Waals surface area (Å²) in [5, 5.41) is 14.6. The monoisotopic (exact) mass is 231 g/mol. The van der Waals surface area contributed by atoms with Gasteiger partial charge in [0.15, 0.2) is 0 Å². The average Bonchev–Trinajstić information content (AvgIpc) is 2.82. The smallest absolute Gasteiger partial charge is 0.143 e. The summed E-state index contributed by atoms with van der Waals surface area (Å²) in [5.41, 5.74) is 2.04. The number of tetrazole rings is 1. The molecule has 1 N–H and O–H groups in total. The van der Waals surface area contributed by atoms with Gasteiger partial charge in [0.2, 0.25) is 0 Å². The lowest BCUT2D eigenvalue weighted by atomic mass is 10.1. The largest absolute Gasteiger partial charge is 0.382 e. The van der Waals surface area contributed by atoms with Gasteiger partial charge in [0.1, 0.15) is 6.33 Å². The normalized spacial score (nSPS) is 12.7. The highest BCUT2D eigenvalue weighted by Gasteiger charge is 2.07. The number of rotatable bonds is 4. The van der Waals surface area contributed by atoms with Gasteiger partial charge in [-0.15, -0.1) is 5.10 Å². The summed E-state index contributed by atoms with van der Waals surface area (Å²) in [6.07, 6.45) is 1.59. The van der Waals surface area contributed by atoms with Crippen molar-refractivity contribution in [2.45, 2.75) is 26.8 Å². The number of anilines is 1. The summed E-state index contributed by atoms with van der Waals surface area (Å²) in [5.74, 6) is 0.590. The number of benzene rings is 1. The van der Waals surface area contributed by atoms with Crippen LogP contribution in [0.5, 0.6) is 0 Å². The van der Waals surface area contributed by atoms with Crippen LogP contribution in [-0.2, 0) is 0 Å². The highest BCUT2D eigenvalue weighted by molar-refractivity contribution is 5.51. The second-order valence-corrected chi connectivity index (χ2v) is 4.48. The number of nitrogens with zero attached hydrogens (tertiary/aromatic N) is 4. The van der Waals surface area contributed by atoms with E-state index in [0.717, 1.165) is 11.4 Å². The Bertz CT molecular complexity index is 464. The molecule has 0 amide bonds. The van der Waals surface area contributed by atoms with E-state index in [1.807, 2.05) is 24.3 Å². The van der Waals surface area contributed by atoms with E-state index in [1.165, 1.54) is 0 Å². The third-order valence-electron chi connectivity index (χ3n) is 2.85. The van der Waals surface area contributed by atoms with Gasteiger partial charge in [-0.2, -0.15) is 0 Å². The molecule has 90 valence electrons. The standard InChI is InChI=1S/C12H17N5/c1-9(2)10(3)14-11-5-4-6-12(7-11)17-8-13-15-16-17/h4-10,14H,1-3H3. The molecule has 0 aliphatic rings. The minimum atomic E-state index is 0.430. The van der Waals surface area contributed by atoms with E-state index < -0.39 is 0 Å². The Morgan fingerprint density at radius 2 is 2.06 bits per heavy atom. The molecule has 2 aromatic rings. The van der Waals surface area contributed by atoms with Crippen molar-refractivity contribution in [1.29, 1.82) is 0 Å². The highest BCUT2D eigenvalue weighted by atomic mass is 15.5.